The minimum Gasteiger partial charge on any atom is -0.463 e. The molecule has 1 aliphatic heterocycles. The summed E-state index contributed by atoms with van der Waals surface area (Å²) in [6.45, 7) is 12.4. The molecule has 0 aliphatic carbocycles. The molecule has 0 saturated carbocycles. The summed E-state index contributed by atoms with van der Waals surface area (Å²) in [6, 6.07) is 5.88. The van der Waals surface area contributed by atoms with Crippen LogP contribution < -0.4 is 5.32 Å². The highest BCUT2D eigenvalue weighted by Crippen LogP contribution is 2.26. The molecule has 1 saturated heterocycles. The number of amides is 1. The zero-order valence-corrected chi connectivity index (χ0v) is 19.4. The van der Waals surface area contributed by atoms with E-state index in [9.17, 15) is 4.79 Å². The first-order valence-electron chi connectivity index (χ1n) is 11.5. The Balaban J connectivity index is 1.62. The van der Waals surface area contributed by atoms with Gasteiger partial charge in [0.2, 0.25) is 0 Å². The molecule has 8 heteroatoms. The molecule has 0 bridgehead atoms. The lowest BCUT2D eigenvalue weighted by Gasteiger charge is -2.35. The van der Waals surface area contributed by atoms with Gasteiger partial charge in [-0.25, -0.2) is 9.67 Å². The third-order valence-corrected chi connectivity index (χ3v) is 5.88. The first kappa shape index (κ1) is 22.5. The molecule has 1 aliphatic rings. The minimum atomic E-state index is -0.115. The summed E-state index contributed by atoms with van der Waals surface area (Å²) >= 11 is 0. The van der Waals surface area contributed by atoms with Crippen LogP contribution in [0.5, 0.6) is 0 Å². The van der Waals surface area contributed by atoms with Crippen molar-refractivity contribution < 1.29 is 13.9 Å². The topological polar surface area (TPSA) is 85.4 Å². The van der Waals surface area contributed by atoms with Crippen molar-refractivity contribution in [1.82, 2.24) is 25.0 Å². The van der Waals surface area contributed by atoms with Crippen molar-refractivity contribution in [1.29, 1.82) is 0 Å². The molecule has 172 valence electrons. The van der Waals surface area contributed by atoms with Gasteiger partial charge in [-0.1, -0.05) is 13.8 Å². The molecule has 4 rings (SSSR count). The Labute approximate surface area is 188 Å². The molecule has 8 nitrogen and oxygen atoms in total. The number of carbonyl (C=O) groups is 1. The van der Waals surface area contributed by atoms with Gasteiger partial charge >= 0.3 is 0 Å². The fourth-order valence-corrected chi connectivity index (χ4v) is 4.29. The van der Waals surface area contributed by atoms with E-state index in [4.69, 9.17) is 14.1 Å². The quantitative estimate of drug-likeness (QED) is 0.575. The second kappa shape index (κ2) is 9.83. The van der Waals surface area contributed by atoms with Crippen LogP contribution in [0.4, 0.5) is 0 Å². The standard InChI is InChI=1S/C24H33N5O3/c1-16(2)12-18(28-7-10-31-11-8-28)14-25-24(30)19-13-21(22-6-5-9-32-22)27-23-20(19)15-26-29(23)17(3)4/h5-6,9,13,15-18H,7-8,10-12,14H2,1-4H3,(H,25,30). The fourth-order valence-electron chi connectivity index (χ4n) is 4.29. The van der Waals surface area contributed by atoms with Crippen LogP contribution in [0.25, 0.3) is 22.5 Å². The third-order valence-electron chi connectivity index (χ3n) is 5.88. The van der Waals surface area contributed by atoms with E-state index in [-0.39, 0.29) is 18.0 Å². The maximum absolute atomic E-state index is 13.4. The maximum Gasteiger partial charge on any atom is 0.252 e. The molecular weight excluding hydrogens is 406 g/mol. The number of morpholine rings is 1. The summed E-state index contributed by atoms with van der Waals surface area (Å²) in [4.78, 5) is 20.6. The zero-order valence-electron chi connectivity index (χ0n) is 19.4. The van der Waals surface area contributed by atoms with Gasteiger partial charge in [-0.2, -0.15) is 5.10 Å². The number of pyridine rings is 1. The summed E-state index contributed by atoms with van der Waals surface area (Å²) in [7, 11) is 0. The van der Waals surface area contributed by atoms with Gasteiger partial charge < -0.3 is 14.5 Å². The van der Waals surface area contributed by atoms with E-state index in [1.807, 2.05) is 30.7 Å². The van der Waals surface area contributed by atoms with Crippen molar-refractivity contribution in [2.24, 2.45) is 5.92 Å². The third kappa shape index (κ3) is 4.86. The fraction of sp³-hybridized carbons (Fsp3) is 0.542. The van der Waals surface area contributed by atoms with E-state index in [1.165, 1.54) is 0 Å². The molecule has 1 unspecified atom stereocenters. The number of rotatable bonds is 8. The van der Waals surface area contributed by atoms with Gasteiger partial charge in [0.15, 0.2) is 11.4 Å². The monoisotopic (exact) mass is 439 g/mol. The van der Waals surface area contributed by atoms with Crippen LogP contribution in [0, 0.1) is 5.92 Å². The predicted octanol–water partition coefficient (Wildman–Crippen LogP) is 3.75. The number of fused-ring (bicyclic) bond motifs is 1. The van der Waals surface area contributed by atoms with Crippen molar-refractivity contribution in [3.63, 3.8) is 0 Å². The lowest BCUT2D eigenvalue weighted by molar-refractivity contribution is 0.0124. The molecule has 1 amide bonds. The Bertz CT molecular complexity index is 1040. The maximum atomic E-state index is 13.4. The average molecular weight is 440 g/mol. The normalized spacial score (nSPS) is 16.2. The molecule has 0 aromatic carbocycles. The summed E-state index contributed by atoms with van der Waals surface area (Å²) in [5.74, 6) is 1.06. The highest BCUT2D eigenvalue weighted by molar-refractivity contribution is 6.06. The van der Waals surface area contributed by atoms with Gasteiger partial charge in [0.25, 0.3) is 5.91 Å². The van der Waals surface area contributed by atoms with Crippen molar-refractivity contribution in [2.75, 3.05) is 32.8 Å². The van der Waals surface area contributed by atoms with E-state index in [1.54, 1.807) is 18.5 Å². The Kier molecular flexibility index (Phi) is 6.91. The predicted molar refractivity (Wildman–Crippen MR) is 124 cm³/mol. The van der Waals surface area contributed by atoms with Crippen LogP contribution in [-0.2, 0) is 4.74 Å². The van der Waals surface area contributed by atoms with Crippen LogP contribution in [0.2, 0.25) is 0 Å². The van der Waals surface area contributed by atoms with Crippen molar-refractivity contribution >= 4 is 16.9 Å². The van der Waals surface area contributed by atoms with Gasteiger partial charge in [-0.15, -0.1) is 0 Å². The molecule has 32 heavy (non-hydrogen) atoms. The van der Waals surface area contributed by atoms with Gasteiger partial charge in [-0.3, -0.25) is 9.69 Å². The van der Waals surface area contributed by atoms with Crippen LogP contribution in [0.1, 0.15) is 50.5 Å². The Morgan fingerprint density at radius 2 is 2.00 bits per heavy atom. The number of carbonyl (C=O) groups excluding carboxylic acids is 1. The molecule has 0 radical (unpaired) electrons. The number of hydrogen-bond donors (Lipinski definition) is 1. The minimum absolute atomic E-state index is 0.115. The lowest BCUT2D eigenvalue weighted by atomic mass is 10.0. The van der Waals surface area contributed by atoms with E-state index in [0.29, 0.717) is 35.1 Å². The van der Waals surface area contributed by atoms with Crippen molar-refractivity contribution in [2.45, 2.75) is 46.2 Å². The summed E-state index contributed by atoms with van der Waals surface area (Å²) < 4.78 is 12.9. The van der Waals surface area contributed by atoms with Gasteiger partial charge in [0.05, 0.1) is 36.6 Å². The summed E-state index contributed by atoms with van der Waals surface area (Å²) in [5.41, 5.74) is 1.88. The molecule has 3 aromatic rings. The smallest absolute Gasteiger partial charge is 0.252 e. The molecule has 1 atom stereocenters. The molecular formula is C24H33N5O3. The van der Waals surface area contributed by atoms with Crippen molar-refractivity contribution in [3.8, 4) is 11.5 Å². The summed E-state index contributed by atoms with van der Waals surface area (Å²) in [5, 5.41) is 8.43. The van der Waals surface area contributed by atoms with E-state index < -0.39 is 0 Å². The number of aromatic nitrogens is 3. The highest BCUT2D eigenvalue weighted by atomic mass is 16.5. The van der Waals surface area contributed by atoms with E-state index in [0.717, 1.165) is 38.1 Å². The SMILES string of the molecule is CC(C)CC(CNC(=O)c1cc(-c2ccco2)nc2c1cnn2C(C)C)N1CCOCC1. The van der Waals surface area contributed by atoms with Crippen LogP contribution in [-0.4, -0.2) is 64.5 Å². The summed E-state index contributed by atoms with van der Waals surface area (Å²) in [6.07, 6.45) is 4.37. The van der Waals surface area contributed by atoms with Gasteiger partial charge in [0.1, 0.15) is 5.69 Å². The molecule has 0 spiro atoms. The average Bonchev–Trinajstić information content (AvgIpc) is 3.46. The number of hydrogen-bond acceptors (Lipinski definition) is 6. The Morgan fingerprint density at radius 3 is 2.66 bits per heavy atom. The van der Waals surface area contributed by atoms with Crippen LogP contribution in [0.15, 0.2) is 35.1 Å². The lowest BCUT2D eigenvalue weighted by Crippen LogP contribution is -2.49. The van der Waals surface area contributed by atoms with Gasteiger partial charge in [0, 0.05) is 31.7 Å². The number of nitrogens with zero attached hydrogens (tertiary/aromatic N) is 4. The molecule has 1 N–H and O–H groups in total. The molecule has 3 aromatic heterocycles. The van der Waals surface area contributed by atoms with Crippen LogP contribution in [0.3, 0.4) is 0 Å². The second-order valence-corrected chi connectivity index (χ2v) is 9.09. The first-order valence-corrected chi connectivity index (χ1v) is 11.5. The second-order valence-electron chi connectivity index (χ2n) is 9.09. The molecule has 4 heterocycles. The van der Waals surface area contributed by atoms with Crippen LogP contribution >= 0.6 is 0 Å². The Hall–Kier alpha value is -2.71. The largest absolute Gasteiger partial charge is 0.463 e. The number of ether oxygens (including phenoxy) is 1. The molecule has 1 fully saturated rings. The number of furan rings is 1. The van der Waals surface area contributed by atoms with E-state index in [2.05, 4.69) is 29.2 Å². The van der Waals surface area contributed by atoms with Crippen molar-refractivity contribution in [3.05, 3.63) is 36.2 Å². The van der Waals surface area contributed by atoms with E-state index >= 15 is 0 Å². The number of nitrogens with one attached hydrogen (secondary N) is 1. The highest BCUT2D eigenvalue weighted by Gasteiger charge is 2.24. The zero-order chi connectivity index (χ0) is 22.7. The van der Waals surface area contributed by atoms with Gasteiger partial charge in [-0.05, 0) is 44.4 Å². The Morgan fingerprint density at radius 1 is 1.22 bits per heavy atom. The first-order chi connectivity index (χ1) is 15.4.